The molecule has 0 bridgehead atoms. The van der Waals surface area contributed by atoms with Crippen LogP contribution in [0.3, 0.4) is 0 Å². The number of carbonyl (C=O) groups is 1. The van der Waals surface area contributed by atoms with E-state index in [0.717, 1.165) is 0 Å². The van der Waals surface area contributed by atoms with Crippen LogP contribution in [-0.4, -0.2) is 11.1 Å². The molecule has 56 valence electrons. The van der Waals surface area contributed by atoms with E-state index in [-0.39, 0.29) is 6.42 Å². The highest BCUT2D eigenvalue weighted by molar-refractivity contribution is 5.66. The summed E-state index contributed by atoms with van der Waals surface area (Å²) in [6.07, 6.45) is 2.86. The highest BCUT2D eigenvalue weighted by atomic mass is 16.4. The number of rotatable bonds is 2. The van der Waals surface area contributed by atoms with Crippen LogP contribution < -0.4 is 0 Å². The third kappa shape index (κ3) is 36.6. The van der Waals surface area contributed by atoms with Crippen molar-refractivity contribution >= 4 is 5.97 Å². The Hall–Kier alpha value is -0.530. The van der Waals surface area contributed by atoms with Crippen molar-refractivity contribution in [3.63, 3.8) is 0 Å². The van der Waals surface area contributed by atoms with Gasteiger partial charge in [0.15, 0.2) is 0 Å². The Kier molecular flexibility index (Phi) is 13.1. The molecule has 0 aromatic heterocycles. The molecule has 0 unspecified atom stereocenters. The lowest BCUT2D eigenvalue weighted by molar-refractivity contribution is -0.136. The van der Waals surface area contributed by atoms with Crippen molar-refractivity contribution in [3.8, 4) is 0 Å². The average molecular weight is 132 g/mol. The van der Waals surface area contributed by atoms with Gasteiger partial charge in [0.1, 0.15) is 0 Å². The van der Waals surface area contributed by atoms with E-state index >= 15 is 0 Å². The number of aliphatic carboxylic acids is 1. The summed E-state index contributed by atoms with van der Waals surface area (Å²) in [6.45, 7) is 5.96. The van der Waals surface area contributed by atoms with Gasteiger partial charge in [-0.25, -0.2) is 0 Å². The minimum Gasteiger partial charge on any atom is -0.481 e. The summed E-state index contributed by atoms with van der Waals surface area (Å²) in [5.41, 5.74) is 0. The fraction of sp³-hybridized carbons (Fsp3) is 0.857. The summed E-state index contributed by atoms with van der Waals surface area (Å²) < 4.78 is 0. The van der Waals surface area contributed by atoms with Crippen LogP contribution in [0.5, 0.6) is 0 Å². The van der Waals surface area contributed by atoms with Crippen molar-refractivity contribution < 1.29 is 9.90 Å². The smallest absolute Gasteiger partial charge is 0.303 e. The topological polar surface area (TPSA) is 37.3 Å². The summed E-state index contributed by atoms with van der Waals surface area (Å²) in [7, 11) is 0. The molecule has 2 nitrogen and oxygen atoms in total. The van der Waals surface area contributed by atoms with E-state index in [1.165, 1.54) is 12.8 Å². The van der Waals surface area contributed by atoms with E-state index in [1.54, 1.807) is 6.92 Å². The van der Waals surface area contributed by atoms with Crippen molar-refractivity contribution in [2.45, 2.75) is 40.0 Å². The monoisotopic (exact) mass is 132 g/mol. The van der Waals surface area contributed by atoms with Gasteiger partial charge in [-0.1, -0.05) is 33.6 Å². The van der Waals surface area contributed by atoms with Crippen molar-refractivity contribution in [1.29, 1.82) is 0 Å². The van der Waals surface area contributed by atoms with E-state index in [0.29, 0.717) is 0 Å². The molecular weight excluding hydrogens is 116 g/mol. The molecule has 9 heavy (non-hydrogen) atoms. The van der Waals surface area contributed by atoms with Gasteiger partial charge in [-0.2, -0.15) is 0 Å². The highest BCUT2D eigenvalue weighted by Crippen LogP contribution is 1.76. The molecule has 0 amide bonds. The maximum Gasteiger partial charge on any atom is 0.303 e. The van der Waals surface area contributed by atoms with Crippen LogP contribution in [0.1, 0.15) is 40.0 Å². The van der Waals surface area contributed by atoms with Crippen LogP contribution in [0.25, 0.3) is 0 Å². The van der Waals surface area contributed by atoms with Crippen LogP contribution in [0.2, 0.25) is 0 Å². The minimum atomic E-state index is -0.745. The fourth-order valence-corrected chi connectivity index (χ4v) is 0. The van der Waals surface area contributed by atoms with Gasteiger partial charge in [-0.05, 0) is 0 Å². The Balaban J connectivity index is 0. The normalized spacial score (nSPS) is 7.44. The Morgan fingerprint density at radius 2 is 1.44 bits per heavy atom. The quantitative estimate of drug-likeness (QED) is 0.625. The number of hydrogen-bond acceptors (Lipinski definition) is 1. The highest BCUT2D eigenvalue weighted by Gasteiger charge is 1.80. The van der Waals surface area contributed by atoms with Crippen molar-refractivity contribution in [3.05, 3.63) is 0 Å². The second kappa shape index (κ2) is 10.5. The van der Waals surface area contributed by atoms with Gasteiger partial charge in [0.05, 0.1) is 0 Å². The largest absolute Gasteiger partial charge is 0.481 e. The van der Waals surface area contributed by atoms with Gasteiger partial charge in [0.2, 0.25) is 0 Å². The first-order valence-electron chi connectivity index (χ1n) is 3.40. The Morgan fingerprint density at radius 1 is 1.22 bits per heavy atom. The van der Waals surface area contributed by atoms with Crippen LogP contribution in [0.4, 0.5) is 0 Å². The molecule has 1 N–H and O–H groups in total. The Bertz CT molecular complexity index is 57.9. The molecule has 0 aromatic carbocycles. The van der Waals surface area contributed by atoms with E-state index in [9.17, 15) is 4.79 Å². The van der Waals surface area contributed by atoms with Gasteiger partial charge in [0.25, 0.3) is 0 Å². The van der Waals surface area contributed by atoms with E-state index in [2.05, 4.69) is 13.8 Å². The molecule has 0 saturated heterocycles. The second-order valence-electron chi connectivity index (χ2n) is 1.75. The molecule has 0 saturated carbocycles. The summed E-state index contributed by atoms with van der Waals surface area (Å²) in [4.78, 5) is 9.37. The zero-order chi connectivity index (χ0) is 7.70. The van der Waals surface area contributed by atoms with Gasteiger partial charge in [0, 0.05) is 6.42 Å². The first-order chi connectivity index (χ1) is 4.18. The molecule has 0 heterocycles. The molecule has 0 spiro atoms. The van der Waals surface area contributed by atoms with Gasteiger partial charge < -0.3 is 5.11 Å². The molecule has 2 heteroatoms. The number of hydrogen-bond donors (Lipinski definition) is 1. The average Bonchev–Trinajstić information content (AvgIpc) is 1.89. The summed E-state index contributed by atoms with van der Waals surface area (Å²) in [6, 6.07) is 0. The summed E-state index contributed by atoms with van der Waals surface area (Å²) in [5.74, 6) is -0.745. The van der Waals surface area contributed by atoms with Crippen molar-refractivity contribution in [1.82, 2.24) is 0 Å². The lowest BCUT2D eigenvalue weighted by Gasteiger charge is -1.71. The summed E-state index contributed by atoms with van der Waals surface area (Å²) in [5, 5.41) is 7.72. The number of unbranched alkanes of at least 4 members (excludes halogenated alkanes) is 1. The first kappa shape index (κ1) is 11.3. The van der Waals surface area contributed by atoms with Gasteiger partial charge >= 0.3 is 5.97 Å². The Morgan fingerprint density at radius 3 is 1.44 bits per heavy atom. The predicted molar refractivity (Wildman–Crippen MR) is 38.5 cm³/mol. The molecule has 0 aromatic rings. The van der Waals surface area contributed by atoms with E-state index in [4.69, 9.17) is 5.11 Å². The zero-order valence-corrected chi connectivity index (χ0v) is 6.48. The van der Waals surface area contributed by atoms with Crippen LogP contribution in [0.15, 0.2) is 0 Å². The van der Waals surface area contributed by atoms with E-state index in [1.807, 2.05) is 0 Å². The Labute approximate surface area is 56.9 Å². The molecular formula is C7H16O2. The maximum absolute atomic E-state index is 9.37. The van der Waals surface area contributed by atoms with Crippen LogP contribution in [0, 0.1) is 0 Å². The summed E-state index contributed by atoms with van der Waals surface area (Å²) >= 11 is 0. The van der Waals surface area contributed by atoms with Crippen molar-refractivity contribution in [2.24, 2.45) is 0 Å². The van der Waals surface area contributed by atoms with Gasteiger partial charge in [-0.3, -0.25) is 4.79 Å². The fourth-order valence-electron chi connectivity index (χ4n) is 0. The van der Waals surface area contributed by atoms with Crippen LogP contribution >= 0.6 is 0 Å². The minimum absolute atomic E-state index is 0.222. The molecule has 0 radical (unpaired) electrons. The molecule has 0 atom stereocenters. The SMILES string of the molecule is CCC(=O)O.CCCC. The van der Waals surface area contributed by atoms with Crippen LogP contribution in [-0.2, 0) is 4.79 Å². The number of carboxylic acid groups (broad SMARTS) is 1. The molecule has 0 rings (SSSR count). The first-order valence-corrected chi connectivity index (χ1v) is 3.40. The molecule has 0 aliphatic heterocycles. The molecule has 0 aliphatic rings. The second-order valence-corrected chi connectivity index (χ2v) is 1.75. The van der Waals surface area contributed by atoms with E-state index < -0.39 is 5.97 Å². The third-order valence-corrected chi connectivity index (χ3v) is 0.802. The van der Waals surface area contributed by atoms with Gasteiger partial charge in [-0.15, -0.1) is 0 Å². The predicted octanol–water partition coefficient (Wildman–Crippen LogP) is 2.29. The number of carboxylic acids is 1. The van der Waals surface area contributed by atoms with Crippen molar-refractivity contribution in [2.75, 3.05) is 0 Å². The lowest BCUT2D eigenvalue weighted by atomic mass is 10.4. The molecule has 0 fully saturated rings. The molecule has 0 aliphatic carbocycles. The zero-order valence-electron chi connectivity index (χ0n) is 6.48. The standard InChI is InChI=1S/C4H10.C3H6O2/c1-3-4-2;1-2-3(4)5/h3-4H2,1-2H3;2H2,1H3,(H,4,5). The lowest BCUT2D eigenvalue weighted by Crippen LogP contribution is -1.86. The third-order valence-electron chi connectivity index (χ3n) is 0.802. The maximum atomic E-state index is 9.37.